The SMILES string of the molecule is O=C(c1ccccc1C(F)(F)F)N1CCCC1Cn1ncccc1=O. The molecule has 3 rings (SSSR count). The van der Waals surface area contributed by atoms with Gasteiger partial charge >= 0.3 is 6.18 Å². The molecule has 0 N–H and O–H groups in total. The Morgan fingerprint density at radius 3 is 2.68 bits per heavy atom. The van der Waals surface area contributed by atoms with Crippen molar-refractivity contribution in [1.82, 2.24) is 14.7 Å². The molecule has 1 aliphatic heterocycles. The molecule has 0 radical (unpaired) electrons. The summed E-state index contributed by atoms with van der Waals surface area (Å²) in [7, 11) is 0. The van der Waals surface area contributed by atoms with Gasteiger partial charge in [-0.05, 0) is 31.0 Å². The maximum Gasteiger partial charge on any atom is 0.417 e. The first-order valence-electron chi connectivity index (χ1n) is 7.87. The first-order valence-corrected chi connectivity index (χ1v) is 7.87. The second-order valence-electron chi connectivity index (χ2n) is 5.88. The summed E-state index contributed by atoms with van der Waals surface area (Å²) in [6.45, 7) is 0.525. The quantitative estimate of drug-likeness (QED) is 0.854. The second-order valence-corrected chi connectivity index (χ2v) is 5.88. The van der Waals surface area contributed by atoms with Crippen LogP contribution >= 0.6 is 0 Å². The Morgan fingerprint density at radius 2 is 1.96 bits per heavy atom. The van der Waals surface area contributed by atoms with Gasteiger partial charge < -0.3 is 4.90 Å². The Kier molecular flexibility index (Phi) is 4.61. The second kappa shape index (κ2) is 6.70. The van der Waals surface area contributed by atoms with Crippen molar-refractivity contribution in [3.63, 3.8) is 0 Å². The Labute approximate surface area is 141 Å². The first-order chi connectivity index (χ1) is 11.9. The van der Waals surface area contributed by atoms with Crippen LogP contribution < -0.4 is 5.56 Å². The van der Waals surface area contributed by atoms with Crippen molar-refractivity contribution in [2.75, 3.05) is 6.54 Å². The van der Waals surface area contributed by atoms with Crippen molar-refractivity contribution < 1.29 is 18.0 Å². The lowest BCUT2D eigenvalue weighted by Gasteiger charge is -2.26. The number of aromatic nitrogens is 2. The highest BCUT2D eigenvalue weighted by atomic mass is 19.4. The summed E-state index contributed by atoms with van der Waals surface area (Å²) < 4.78 is 40.7. The summed E-state index contributed by atoms with van der Waals surface area (Å²) >= 11 is 0. The number of nitrogens with zero attached hydrogens (tertiary/aromatic N) is 3. The van der Waals surface area contributed by atoms with Crippen LogP contribution in [0.3, 0.4) is 0 Å². The fourth-order valence-electron chi connectivity index (χ4n) is 3.09. The number of halogens is 3. The van der Waals surface area contributed by atoms with Crippen molar-refractivity contribution >= 4 is 5.91 Å². The van der Waals surface area contributed by atoms with Crippen LogP contribution in [0.1, 0.15) is 28.8 Å². The van der Waals surface area contributed by atoms with E-state index in [0.717, 1.165) is 6.07 Å². The molecular weight excluding hydrogens is 335 g/mol. The van der Waals surface area contributed by atoms with Crippen LogP contribution in [0.25, 0.3) is 0 Å². The zero-order chi connectivity index (χ0) is 18.0. The zero-order valence-electron chi connectivity index (χ0n) is 13.2. The van der Waals surface area contributed by atoms with Gasteiger partial charge in [0.15, 0.2) is 0 Å². The van der Waals surface area contributed by atoms with E-state index in [0.29, 0.717) is 19.4 Å². The molecule has 0 bridgehead atoms. The number of rotatable bonds is 3. The highest BCUT2D eigenvalue weighted by molar-refractivity contribution is 5.96. The number of likely N-dealkylation sites (tertiary alicyclic amines) is 1. The molecule has 0 aliphatic carbocycles. The van der Waals surface area contributed by atoms with E-state index in [9.17, 15) is 22.8 Å². The fourth-order valence-corrected chi connectivity index (χ4v) is 3.09. The van der Waals surface area contributed by atoms with Crippen LogP contribution in [-0.4, -0.2) is 33.2 Å². The van der Waals surface area contributed by atoms with E-state index in [2.05, 4.69) is 5.10 Å². The molecule has 1 amide bonds. The molecule has 1 aliphatic rings. The van der Waals surface area contributed by atoms with Gasteiger partial charge in [-0.25, -0.2) is 4.68 Å². The summed E-state index contributed by atoms with van der Waals surface area (Å²) in [4.78, 5) is 25.9. The Bertz CT molecular complexity index is 832. The third-order valence-corrected chi connectivity index (χ3v) is 4.27. The van der Waals surface area contributed by atoms with Crippen molar-refractivity contribution in [3.8, 4) is 0 Å². The van der Waals surface area contributed by atoms with Gasteiger partial charge in [-0.1, -0.05) is 12.1 Å². The third kappa shape index (κ3) is 3.57. The van der Waals surface area contributed by atoms with Gasteiger partial charge in [0.25, 0.3) is 11.5 Å². The van der Waals surface area contributed by atoms with Gasteiger partial charge in [0, 0.05) is 18.8 Å². The van der Waals surface area contributed by atoms with Crippen molar-refractivity contribution in [2.24, 2.45) is 0 Å². The average molecular weight is 351 g/mol. The average Bonchev–Trinajstić information content (AvgIpc) is 3.04. The lowest BCUT2D eigenvalue weighted by molar-refractivity contribution is -0.138. The Balaban J connectivity index is 1.87. The van der Waals surface area contributed by atoms with Crippen LogP contribution in [0, 0.1) is 0 Å². The molecule has 1 saturated heterocycles. The molecule has 1 aromatic carbocycles. The van der Waals surface area contributed by atoms with Crippen molar-refractivity contribution in [2.45, 2.75) is 31.6 Å². The third-order valence-electron chi connectivity index (χ3n) is 4.27. The number of benzene rings is 1. The van der Waals surface area contributed by atoms with E-state index in [1.54, 1.807) is 0 Å². The highest BCUT2D eigenvalue weighted by Gasteiger charge is 2.38. The molecule has 2 heterocycles. The highest BCUT2D eigenvalue weighted by Crippen LogP contribution is 2.33. The molecule has 1 fully saturated rings. The summed E-state index contributed by atoms with van der Waals surface area (Å²) in [5.74, 6) is -0.667. The zero-order valence-corrected chi connectivity index (χ0v) is 13.2. The number of amides is 1. The summed E-state index contributed by atoms with van der Waals surface area (Å²) in [5.41, 5.74) is -1.62. The maximum absolute atomic E-state index is 13.2. The molecule has 0 spiro atoms. The number of alkyl halides is 3. The number of hydrogen-bond donors (Lipinski definition) is 0. The van der Waals surface area contributed by atoms with E-state index in [-0.39, 0.29) is 23.7 Å². The van der Waals surface area contributed by atoms with Gasteiger partial charge in [0.05, 0.1) is 23.7 Å². The molecule has 25 heavy (non-hydrogen) atoms. The van der Waals surface area contributed by atoms with E-state index in [1.165, 1.54) is 46.1 Å². The minimum absolute atomic E-state index is 0.166. The molecule has 0 saturated carbocycles. The van der Waals surface area contributed by atoms with E-state index < -0.39 is 17.6 Å². The number of carbonyl (C=O) groups excluding carboxylic acids is 1. The normalized spacial score (nSPS) is 17.7. The molecule has 2 aromatic rings. The monoisotopic (exact) mass is 351 g/mol. The largest absolute Gasteiger partial charge is 0.417 e. The van der Waals surface area contributed by atoms with Crippen molar-refractivity contribution in [3.05, 3.63) is 64.1 Å². The van der Waals surface area contributed by atoms with Crippen LogP contribution in [-0.2, 0) is 12.7 Å². The predicted molar refractivity (Wildman–Crippen MR) is 84.0 cm³/mol. The maximum atomic E-state index is 13.2. The van der Waals surface area contributed by atoms with Crippen LogP contribution in [0.5, 0.6) is 0 Å². The molecule has 1 aromatic heterocycles. The lowest BCUT2D eigenvalue weighted by atomic mass is 10.1. The van der Waals surface area contributed by atoms with Gasteiger partial charge in [0.1, 0.15) is 0 Å². The summed E-state index contributed by atoms with van der Waals surface area (Å²) in [5, 5.41) is 3.95. The van der Waals surface area contributed by atoms with E-state index in [1.807, 2.05) is 0 Å². The molecule has 132 valence electrons. The molecule has 1 unspecified atom stereocenters. The van der Waals surface area contributed by atoms with Crippen LogP contribution in [0.2, 0.25) is 0 Å². The molecule has 5 nitrogen and oxygen atoms in total. The van der Waals surface area contributed by atoms with E-state index >= 15 is 0 Å². The topological polar surface area (TPSA) is 55.2 Å². The Morgan fingerprint density at radius 1 is 1.20 bits per heavy atom. The molecule has 1 atom stereocenters. The molecular formula is C17H16F3N3O2. The number of carbonyl (C=O) groups is 1. The van der Waals surface area contributed by atoms with Gasteiger partial charge in [-0.3, -0.25) is 9.59 Å². The minimum atomic E-state index is -4.60. The van der Waals surface area contributed by atoms with Gasteiger partial charge in [-0.2, -0.15) is 18.3 Å². The minimum Gasteiger partial charge on any atom is -0.334 e. The standard InChI is InChI=1S/C17H16F3N3O2/c18-17(19,20)14-7-2-1-6-13(14)16(25)22-10-4-5-12(22)11-23-15(24)8-3-9-21-23/h1-3,6-9,12H,4-5,10-11H2. The summed E-state index contributed by atoms with van der Waals surface area (Å²) in [6, 6.07) is 7.27. The summed E-state index contributed by atoms with van der Waals surface area (Å²) in [6.07, 6.45) is -1.85. The fraction of sp³-hybridized carbons (Fsp3) is 0.353. The Hall–Kier alpha value is -2.64. The predicted octanol–water partition coefficient (Wildman–Crippen LogP) is 2.57. The van der Waals surface area contributed by atoms with E-state index in [4.69, 9.17) is 0 Å². The molecule has 8 heteroatoms. The van der Waals surface area contributed by atoms with Crippen molar-refractivity contribution in [1.29, 1.82) is 0 Å². The van der Waals surface area contributed by atoms with Crippen LogP contribution in [0.4, 0.5) is 13.2 Å². The van der Waals surface area contributed by atoms with Gasteiger partial charge in [0.2, 0.25) is 0 Å². The number of hydrogen-bond acceptors (Lipinski definition) is 3. The smallest absolute Gasteiger partial charge is 0.334 e. The van der Waals surface area contributed by atoms with Crippen LogP contribution in [0.15, 0.2) is 47.4 Å². The lowest BCUT2D eigenvalue weighted by Crippen LogP contribution is -2.41. The van der Waals surface area contributed by atoms with Gasteiger partial charge in [-0.15, -0.1) is 0 Å². The first kappa shape index (κ1) is 17.2.